The van der Waals surface area contributed by atoms with Crippen LogP contribution in [0.1, 0.15) is 22.3 Å². The van der Waals surface area contributed by atoms with Crippen LogP contribution in [-0.4, -0.2) is 96.4 Å². The minimum atomic E-state index is -4.68. The van der Waals surface area contributed by atoms with Gasteiger partial charge in [0.15, 0.2) is 11.6 Å². The molecule has 0 unspecified atom stereocenters. The Hall–Kier alpha value is -5.67. The Morgan fingerprint density at radius 1 is 0.672 bits per heavy atom. The Morgan fingerprint density at radius 2 is 1.10 bits per heavy atom. The van der Waals surface area contributed by atoms with Crippen LogP contribution >= 0.6 is 46.7 Å². The minimum Gasteiger partial charge on any atom is -0.441 e. The number of phosphoric ester groups is 1. The van der Waals surface area contributed by atoms with Crippen LogP contribution in [-0.2, 0) is 49.3 Å². The lowest BCUT2D eigenvalue weighted by Gasteiger charge is -2.15. The second kappa shape index (κ2) is 19.9. The van der Waals surface area contributed by atoms with Crippen molar-refractivity contribution in [2.75, 3.05) is 45.9 Å². The molecule has 2 fully saturated rings. The van der Waals surface area contributed by atoms with E-state index in [-0.39, 0.29) is 25.4 Å². The lowest BCUT2D eigenvalue weighted by Crippen LogP contribution is -2.25. The molecule has 2 amide bonds. The van der Waals surface area contributed by atoms with Gasteiger partial charge in [-0.3, -0.25) is 18.9 Å². The summed E-state index contributed by atoms with van der Waals surface area (Å²) in [5, 5.41) is 27.0. The molecule has 5 N–H and O–H groups in total. The molecule has 4 aliphatic heterocycles. The zero-order valence-electron chi connectivity index (χ0n) is 34.5. The third kappa shape index (κ3) is 11.7. The molecule has 4 aromatic carbocycles. The molecule has 6 heterocycles. The fourth-order valence-electron chi connectivity index (χ4n) is 7.78. The van der Waals surface area contributed by atoms with Gasteiger partial charge in [-0.2, -0.15) is 20.6 Å². The summed E-state index contributed by atoms with van der Waals surface area (Å²) in [6.45, 7) is 2.18. The standard InChI is InChI=1S/C20H19FN5O6P.C20H18FN5O3.Cl3OP/c21-18-6-15(26-10-16(32-20(26)27)11-31-33(28,29)30)3-4-17(18)12-1-2-13-8-25(9-14(13)5-12)19-7-22-24-23-19;21-18-6-15(26-10-16(11-27)29-20(26)28)3-4-17(18)12-1-2-13-8-25(9-14(13)5-12)19-7-22-24-23-19;1-5(2,3)4/h1-7,16H,8-11H2,(H,22,23,24)(H2,28,29,30);1-7,16,27H,8-11H2,(H,22,23,24);/t2*16-;/m11./s1. The van der Waals surface area contributed by atoms with Crippen molar-refractivity contribution < 1.29 is 56.4 Å². The zero-order chi connectivity index (χ0) is 47.6. The summed E-state index contributed by atoms with van der Waals surface area (Å²) < 4.78 is 64.7. The molecule has 0 radical (unpaired) electrons. The normalized spacial score (nSPS) is 17.7. The van der Waals surface area contributed by atoms with Crippen LogP contribution in [0.4, 0.5) is 41.4 Å². The molecule has 0 aliphatic carbocycles. The summed E-state index contributed by atoms with van der Waals surface area (Å²) in [6, 6.07) is 20.7. The van der Waals surface area contributed by atoms with Gasteiger partial charge >= 0.3 is 25.2 Å². The summed E-state index contributed by atoms with van der Waals surface area (Å²) >= 11 is 13.8. The topological polar surface area (TPSA) is 253 Å². The molecular formula is C40H37Cl3F2N10O10P2. The number of nitrogens with one attached hydrogen (secondary N) is 2. The minimum absolute atomic E-state index is 0.0195. The highest BCUT2D eigenvalue weighted by atomic mass is 36.0. The number of aromatic nitrogens is 6. The average molecular weight is 1020 g/mol. The van der Waals surface area contributed by atoms with Crippen molar-refractivity contribution >= 4 is 81.9 Å². The molecule has 10 rings (SSSR count). The number of aliphatic hydroxyl groups is 1. The van der Waals surface area contributed by atoms with Crippen LogP contribution in [0.5, 0.6) is 0 Å². The van der Waals surface area contributed by atoms with Gasteiger partial charge in [0.1, 0.15) is 23.8 Å². The van der Waals surface area contributed by atoms with E-state index in [4.69, 9.17) is 24.4 Å². The number of rotatable bonds is 10. The van der Waals surface area contributed by atoms with Crippen molar-refractivity contribution in [2.45, 2.75) is 38.4 Å². The Morgan fingerprint density at radius 3 is 1.49 bits per heavy atom. The van der Waals surface area contributed by atoms with Gasteiger partial charge in [0.05, 0.1) is 50.1 Å². The van der Waals surface area contributed by atoms with Gasteiger partial charge in [-0.25, -0.2) is 22.9 Å². The summed E-state index contributed by atoms with van der Waals surface area (Å²) in [7, 11) is -4.68. The maximum atomic E-state index is 15.0. The SMILES string of the molecule is O=C1O[C@@H](CO)CN1c1ccc(-c2ccc3c(c2)CN(c2cn[nH]n2)C3)c(F)c1.O=C1O[C@@H](COP(=O)(O)O)CN1c1ccc(-c2ccc3c(c2)CN(c2cn[nH]n2)C3)c(F)c1.O=P(Cl)(Cl)Cl. The molecule has 0 bridgehead atoms. The number of anilines is 4. The fraction of sp³-hybridized carbons (Fsp3) is 0.250. The summed E-state index contributed by atoms with van der Waals surface area (Å²) in [5.41, 5.74) is 7.48. The predicted octanol–water partition coefficient (Wildman–Crippen LogP) is 7.82. The maximum absolute atomic E-state index is 15.0. The van der Waals surface area contributed by atoms with E-state index in [1.54, 1.807) is 36.7 Å². The number of benzene rings is 4. The first-order chi connectivity index (χ1) is 31.9. The number of hydrogen-bond acceptors (Lipinski definition) is 14. The van der Waals surface area contributed by atoms with E-state index < -0.39 is 55.7 Å². The molecule has 67 heavy (non-hydrogen) atoms. The molecule has 6 aromatic rings. The van der Waals surface area contributed by atoms with Crippen molar-refractivity contribution in [3.8, 4) is 22.3 Å². The third-order valence-corrected chi connectivity index (χ3v) is 11.3. The van der Waals surface area contributed by atoms with Crippen molar-refractivity contribution in [3.05, 3.63) is 119 Å². The molecule has 27 heteroatoms. The number of ether oxygens (including phenoxy) is 2. The van der Waals surface area contributed by atoms with Crippen molar-refractivity contribution in [3.63, 3.8) is 0 Å². The number of aliphatic hydroxyl groups excluding tert-OH is 1. The van der Waals surface area contributed by atoms with Gasteiger partial charge in [0.25, 0.3) is 0 Å². The number of fused-ring (bicyclic) bond motifs is 2. The Kier molecular flexibility index (Phi) is 14.2. The largest absolute Gasteiger partial charge is 0.469 e. The second-order valence-electron chi connectivity index (χ2n) is 15.3. The van der Waals surface area contributed by atoms with E-state index >= 15 is 4.39 Å². The highest BCUT2D eigenvalue weighted by molar-refractivity contribution is 8.24. The lowest BCUT2D eigenvalue weighted by molar-refractivity contribution is 0.0880. The number of carbonyl (C=O) groups excluding carboxylic acids is 2. The highest BCUT2D eigenvalue weighted by Gasteiger charge is 2.35. The second-order valence-corrected chi connectivity index (χ2v) is 23.1. The first kappa shape index (κ1) is 47.8. The van der Waals surface area contributed by atoms with E-state index in [2.05, 4.69) is 78.9 Å². The molecule has 2 atom stereocenters. The van der Waals surface area contributed by atoms with E-state index in [0.29, 0.717) is 42.0 Å². The van der Waals surface area contributed by atoms with Gasteiger partial charge in [0, 0.05) is 37.3 Å². The van der Waals surface area contributed by atoms with Crippen LogP contribution in [0.3, 0.4) is 0 Å². The molecule has 2 saturated heterocycles. The highest BCUT2D eigenvalue weighted by Crippen LogP contribution is 2.61. The average Bonchev–Trinajstić information content (AvgIpc) is 4.14. The van der Waals surface area contributed by atoms with Gasteiger partial charge < -0.3 is 34.2 Å². The van der Waals surface area contributed by atoms with E-state index in [1.165, 1.54) is 27.5 Å². The molecular weight excluding hydrogens is 987 g/mol. The van der Waals surface area contributed by atoms with E-state index in [9.17, 15) is 23.1 Å². The number of hydrogen-bond donors (Lipinski definition) is 5. The maximum Gasteiger partial charge on any atom is 0.469 e. The number of phosphoric acid groups is 1. The van der Waals surface area contributed by atoms with Crippen LogP contribution in [0, 0.1) is 11.6 Å². The number of aromatic amines is 2. The Bertz CT molecular complexity index is 2870. The number of H-pyrrole nitrogens is 2. The molecule has 2 aromatic heterocycles. The lowest BCUT2D eigenvalue weighted by atomic mass is 10.00. The van der Waals surface area contributed by atoms with Gasteiger partial charge in [-0.1, -0.05) is 24.3 Å². The first-order valence-corrected chi connectivity index (χ1v) is 25.9. The Labute approximate surface area is 393 Å². The Balaban J connectivity index is 0.000000166. The van der Waals surface area contributed by atoms with Gasteiger partial charge in [-0.05, 0) is 116 Å². The van der Waals surface area contributed by atoms with Gasteiger partial charge in [-0.15, -0.1) is 10.2 Å². The van der Waals surface area contributed by atoms with E-state index in [1.807, 2.05) is 36.4 Å². The molecule has 20 nitrogen and oxygen atoms in total. The number of carbonyl (C=O) groups is 2. The first-order valence-electron chi connectivity index (χ1n) is 19.9. The summed E-state index contributed by atoms with van der Waals surface area (Å²) in [5.74, 6) is 0.581. The number of halogens is 5. The van der Waals surface area contributed by atoms with Crippen molar-refractivity contribution in [1.82, 2.24) is 30.8 Å². The van der Waals surface area contributed by atoms with Crippen molar-refractivity contribution in [2.24, 2.45) is 0 Å². The van der Waals surface area contributed by atoms with Crippen LogP contribution in [0.2, 0.25) is 0 Å². The molecule has 0 saturated carbocycles. The molecule has 0 spiro atoms. The molecule has 352 valence electrons. The summed E-state index contributed by atoms with van der Waals surface area (Å²) in [6.07, 6.45) is 0.536. The van der Waals surface area contributed by atoms with Crippen LogP contribution in [0.15, 0.2) is 85.2 Å². The number of cyclic esters (lactones) is 2. The molecule has 4 aliphatic rings. The monoisotopic (exact) mass is 1020 g/mol. The third-order valence-electron chi connectivity index (χ3n) is 10.8. The zero-order valence-corrected chi connectivity index (χ0v) is 38.5. The van der Waals surface area contributed by atoms with Gasteiger partial charge in [0.2, 0.25) is 0 Å². The van der Waals surface area contributed by atoms with Crippen LogP contribution < -0.4 is 19.6 Å². The smallest absolute Gasteiger partial charge is 0.441 e. The fourth-order valence-corrected chi connectivity index (χ4v) is 8.14. The quantitative estimate of drug-likeness (QED) is 0.0820. The predicted molar refractivity (Wildman–Crippen MR) is 242 cm³/mol. The van der Waals surface area contributed by atoms with E-state index in [0.717, 1.165) is 40.4 Å². The summed E-state index contributed by atoms with van der Waals surface area (Å²) in [4.78, 5) is 48.3. The van der Waals surface area contributed by atoms with Crippen molar-refractivity contribution in [1.29, 1.82) is 0 Å². The number of amides is 2. The van der Waals surface area contributed by atoms with Crippen LogP contribution in [0.25, 0.3) is 22.3 Å². The number of nitrogens with zero attached hydrogens (tertiary/aromatic N) is 8.